The summed E-state index contributed by atoms with van der Waals surface area (Å²) in [5, 5.41) is 13.5. The fraction of sp³-hybridized carbons (Fsp3) is 0.667. The average Bonchev–Trinajstić information content (AvgIpc) is 2.53. The highest BCUT2D eigenvalue weighted by atomic mass is 32.1. The quantitative estimate of drug-likeness (QED) is 0.743. The van der Waals surface area contributed by atoms with Crippen molar-refractivity contribution in [2.45, 2.75) is 57.3 Å². The summed E-state index contributed by atoms with van der Waals surface area (Å²) < 4.78 is 0. The van der Waals surface area contributed by atoms with Crippen molar-refractivity contribution in [2.75, 3.05) is 0 Å². The molecule has 0 saturated heterocycles. The van der Waals surface area contributed by atoms with E-state index in [-0.39, 0.29) is 0 Å². The number of carboxylic acids is 1. The lowest BCUT2D eigenvalue weighted by Gasteiger charge is -2.47. The van der Waals surface area contributed by atoms with Crippen molar-refractivity contribution in [3.63, 3.8) is 0 Å². The summed E-state index contributed by atoms with van der Waals surface area (Å²) in [7, 11) is 0. The van der Waals surface area contributed by atoms with Crippen LogP contribution in [0.15, 0.2) is 11.4 Å². The molecule has 0 bridgehead atoms. The first-order valence-electron chi connectivity index (χ1n) is 8.40. The van der Waals surface area contributed by atoms with Crippen LogP contribution in [0.3, 0.4) is 0 Å². The fourth-order valence-electron chi connectivity index (χ4n) is 5.40. The van der Waals surface area contributed by atoms with Crippen molar-refractivity contribution >= 4 is 17.3 Å². The third kappa shape index (κ3) is 2.21. The number of carbonyl (C=O) groups is 1. The molecule has 0 radical (unpaired) electrons. The van der Waals surface area contributed by atoms with E-state index in [0.717, 1.165) is 29.7 Å². The second-order valence-electron chi connectivity index (χ2n) is 7.05. The van der Waals surface area contributed by atoms with E-state index in [1.165, 1.54) is 49.8 Å². The standard InChI is InChI=1S/C18H22O2S/c19-18(20)15-9-10-21-16-8-7-13-12-4-2-1-3-11(12)5-6-14(13)17(15)16/h9-14H,1-8H2. The molecule has 1 heterocycles. The molecule has 0 aliphatic heterocycles. The summed E-state index contributed by atoms with van der Waals surface area (Å²) in [6.07, 6.45) is 10.4. The maximum Gasteiger partial charge on any atom is 0.215 e. The lowest BCUT2D eigenvalue weighted by molar-refractivity contribution is -0.255. The Kier molecular flexibility index (Phi) is 3.49. The monoisotopic (exact) mass is 302 g/mol. The molecule has 112 valence electrons. The topological polar surface area (TPSA) is 40.1 Å². The number of rotatable bonds is 1. The fourth-order valence-corrected chi connectivity index (χ4v) is 6.39. The Labute approximate surface area is 130 Å². The van der Waals surface area contributed by atoms with Crippen LogP contribution in [0.5, 0.6) is 0 Å². The van der Waals surface area contributed by atoms with E-state index in [9.17, 15) is 9.90 Å². The highest BCUT2D eigenvalue weighted by Crippen LogP contribution is 2.54. The van der Waals surface area contributed by atoms with E-state index in [0.29, 0.717) is 11.5 Å². The summed E-state index contributed by atoms with van der Waals surface area (Å²) in [5.41, 5.74) is 1.63. The third-order valence-electron chi connectivity index (χ3n) is 6.21. The van der Waals surface area contributed by atoms with Gasteiger partial charge in [0.05, 0.1) is 5.97 Å². The minimum Gasteiger partial charge on any atom is -0.545 e. The summed E-state index contributed by atoms with van der Waals surface area (Å²) in [6.45, 7) is 0. The van der Waals surface area contributed by atoms with Crippen LogP contribution in [0.2, 0.25) is 0 Å². The van der Waals surface area contributed by atoms with Gasteiger partial charge in [-0.2, -0.15) is 0 Å². The molecule has 0 amide bonds. The number of fused-ring (bicyclic) bond motifs is 5. The SMILES string of the molecule is O=C([O-])c1cc[s+]c2c1C1CCC3CCCCC3C1CC2. The van der Waals surface area contributed by atoms with Gasteiger partial charge in [-0.15, -0.1) is 0 Å². The van der Waals surface area contributed by atoms with Gasteiger partial charge in [-0.05, 0) is 49.4 Å². The molecule has 4 atom stereocenters. The number of aryl methyl sites for hydroxylation is 1. The molecular formula is C18H22O2S. The van der Waals surface area contributed by atoms with Gasteiger partial charge in [0.25, 0.3) is 0 Å². The number of aromatic carboxylic acids is 1. The highest BCUT2D eigenvalue weighted by molar-refractivity contribution is 7.09. The molecule has 0 N–H and O–H groups in total. The summed E-state index contributed by atoms with van der Waals surface area (Å²) in [4.78, 5) is 12.8. The Morgan fingerprint density at radius 3 is 2.81 bits per heavy atom. The first-order valence-corrected chi connectivity index (χ1v) is 9.28. The van der Waals surface area contributed by atoms with Crippen LogP contribution < -0.4 is 5.11 Å². The van der Waals surface area contributed by atoms with E-state index in [4.69, 9.17) is 0 Å². The van der Waals surface area contributed by atoms with E-state index < -0.39 is 5.97 Å². The number of carbonyl (C=O) groups excluding carboxylic acids is 1. The third-order valence-corrected chi connectivity index (χ3v) is 7.19. The zero-order valence-corrected chi connectivity index (χ0v) is 13.2. The first-order chi connectivity index (χ1) is 10.3. The Balaban J connectivity index is 1.74. The molecule has 1 aromatic heterocycles. The van der Waals surface area contributed by atoms with E-state index in [1.807, 2.05) is 5.38 Å². The van der Waals surface area contributed by atoms with Gasteiger partial charge in [0.1, 0.15) is 0 Å². The molecule has 3 aliphatic rings. The summed E-state index contributed by atoms with van der Waals surface area (Å²) in [6, 6.07) is 1.77. The van der Waals surface area contributed by atoms with Crippen LogP contribution in [-0.2, 0) is 6.42 Å². The summed E-state index contributed by atoms with van der Waals surface area (Å²) >= 11 is 1.74. The Hall–Kier alpha value is -0.960. The van der Waals surface area contributed by atoms with Gasteiger partial charge in [0, 0.05) is 23.6 Å². The number of carboxylic acid groups (broad SMARTS) is 1. The van der Waals surface area contributed by atoms with Crippen molar-refractivity contribution in [2.24, 2.45) is 17.8 Å². The predicted octanol–water partition coefficient (Wildman–Crippen LogP) is 3.64. The molecule has 4 unspecified atom stereocenters. The zero-order valence-electron chi connectivity index (χ0n) is 12.3. The van der Waals surface area contributed by atoms with Crippen molar-refractivity contribution in [3.05, 3.63) is 27.5 Å². The van der Waals surface area contributed by atoms with Crippen molar-refractivity contribution in [3.8, 4) is 0 Å². The molecule has 2 fully saturated rings. The van der Waals surface area contributed by atoms with Gasteiger partial charge in [-0.25, -0.2) is 0 Å². The van der Waals surface area contributed by atoms with Crippen LogP contribution in [0.1, 0.15) is 71.7 Å². The molecule has 2 nitrogen and oxygen atoms in total. The van der Waals surface area contributed by atoms with E-state index in [1.54, 1.807) is 17.4 Å². The smallest absolute Gasteiger partial charge is 0.215 e. The van der Waals surface area contributed by atoms with Crippen molar-refractivity contribution in [1.82, 2.24) is 0 Å². The predicted molar refractivity (Wildman–Crippen MR) is 82.3 cm³/mol. The van der Waals surface area contributed by atoms with Gasteiger partial charge < -0.3 is 9.90 Å². The van der Waals surface area contributed by atoms with E-state index in [2.05, 4.69) is 0 Å². The molecule has 1 aromatic rings. The Morgan fingerprint density at radius 1 is 1.10 bits per heavy atom. The lowest BCUT2D eigenvalue weighted by Crippen LogP contribution is -2.39. The van der Waals surface area contributed by atoms with Gasteiger partial charge in [0.15, 0.2) is 5.38 Å². The maximum absolute atomic E-state index is 11.5. The van der Waals surface area contributed by atoms with E-state index >= 15 is 0 Å². The van der Waals surface area contributed by atoms with Crippen molar-refractivity contribution < 1.29 is 9.90 Å². The molecule has 21 heavy (non-hydrogen) atoms. The van der Waals surface area contributed by atoms with Crippen LogP contribution in [0.4, 0.5) is 0 Å². The van der Waals surface area contributed by atoms with Crippen LogP contribution >= 0.6 is 11.3 Å². The van der Waals surface area contributed by atoms with Gasteiger partial charge in [-0.1, -0.05) is 19.3 Å². The molecule has 2 saturated carbocycles. The largest absolute Gasteiger partial charge is 0.545 e. The molecular weight excluding hydrogens is 280 g/mol. The van der Waals surface area contributed by atoms with Crippen LogP contribution in [0.25, 0.3) is 0 Å². The van der Waals surface area contributed by atoms with Crippen molar-refractivity contribution in [1.29, 1.82) is 0 Å². The lowest BCUT2D eigenvalue weighted by atomic mass is 9.57. The number of hydrogen-bond donors (Lipinski definition) is 0. The highest BCUT2D eigenvalue weighted by Gasteiger charge is 2.45. The first kappa shape index (κ1) is 13.7. The van der Waals surface area contributed by atoms with Gasteiger partial charge in [-0.3, -0.25) is 0 Å². The van der Waals surface area contributed by atoms with Gasteiger partial charge in [0.2, 0.25) is 16.2 Å². The average molecular weight is 302 g/mol. The van der Waals surface area contributed by atoms with Gasteiger partial charge >= 0.3 is 0 Å². The minimum atomic E-state index is -0.981. The molecule has 4 rings (SSSR count). The molecule has 3 heteroatoms. The molecule has 3 aliphatic carbocycles. The number of hydrogen-bond acceptors (Lipinski definition) is 2. The normalized spacial score (nSPS) is 34.5. The van der Waals surface area contributed by atoms with Crippen LogP contribution in [0, 0.1) is 17.8 Å². The second kappa shape index (κ2) is 5.35. The maximum atomic E-state index is 11.5. The Morgan fingerprint density at radius 2 is 1.95 bits per heavy atom. The summed E-state index contributed by atoms with van der Waals surface area (Å²) in [5.74, 6) is 2.00. The Bertz CT molecular complexity index is 568. The zero-order chi connectivity index (χ0) is 14.4. The minimum absolute atomic E-state index is 0.479. The molecule has 0 spiro atoms. The second-order valence-corrected chi connectivity index (χ2v) is 8.05. The molecule has 0 aromatic carbocycles. The van der Waals surface area contributed by atoms with Crippen LogP contribution in [-0.4, -0.2) is 5.97 Å².